The summed E-state index contributed by atoms with van der Waals surface area (Å²) in [5.41, 5.74) is -0.0391. The summed E-state index contributed by atoms with van der Waals surface area (Å²) in [6.07, 6.45) is 0.101. The van der Waals surface area contributed by atoms with E-state index >= 15 is 0 Å². The Bertz CT molecular complexity index is 566. The van der Waals surface area contributed by atoms with Gasteiger partial charge in [-0.3, -0.25) is 9.59 Å². The average molecular weight is 263 g/mol. The lowest BCUT2D eigenvalue weighted by Crippen LogP contribution is -2.31. The number of hydrogen-bond donors (Lipinski definition) is 1. The van der Waals surface area contributed by atoms with E-state index < -0.39 is 11.9 Å². The Morgan fingerprint density at radius 2 is 2.11 bits per heavy atom. The van der Waals surface area contributed by atoms with E-state index in [-0.39, 0.29) is 29.5 Å². The van der Waals surface area contributed by atoms with Gasteiger partial charge in [0.1, 0.15) is 5.75 Å². The van der Waals surface area contributed by atoms with Crippen molar-refractivity contribution in [2.75, 3.05) is 12.0 Å². The molecule has 1 aliphatic rings. The minimum Gasteiger partial charge on any atom is -0.497 e. The molecule has 1 aliphatic heterocycles. The maximum absolute atomic E-state index is 11.9. The molecule has 0 bridgehead atoms. The topological polar surface area (TPSA) is 83.9 Å². The van der Waals surface area contributed by atoms with Crippen LogP contribution in [-0.2, 0) is 9.59 Å². The van der Waals surface area contributed by atoms with Crippen LogP contribution in [0.3, 0.4) is 0 Å². The van der Waals surface area contributed by atoms with Crippen LogP contribution in [0.1, 0.15) is 23.7 Å². The third kappa shape index (κ3) is 2.16. The second-order valence-electron chi connectivity index (χ2n) is 4.36. The number of carbonyl (C=O) groups excluding carboxylic acids is 2. The van der Waals surface area contributed by atoms with Crippen LogP contribution >= 0.6 is 0 Å². The number of hydrogen-bond acceptors (Lipinski definition) is 4. The van der Waals surface area contributed by atoms with E-state index in [0.717, 1.165) is 4.90 Å². The summed E-state index contributed by atoms with van der Waals surface area (Å²) in [7, 11) is 1.41. The van der Waals surface area contributed by atoms with Crippen molar-refractivity contribution in [3.63, 3.8) is 0 Å². The fraction of sp³-hybridized carbons (Fsp3) is 0.308. The number of anilines is 1. The largest absolute Gasteiger partial charge is 0.497 e. The molecule has 19 heavy (non-hydrogen) atoms. The van der Waals surface area contributed by atoms with Crippen molar-refractivity contribution in [2.24, 2.45) is 5.92 Å². The van der Waals surface area contributed by atoms with Gasteiger partial charge in [-0.15, -0.1) is 0 Å². The molecule has 1 aromatic rings. The van der Waals surface area contributed by atoms with Crippen molar-refractivity contribution in [2.45, 2.75) is 13.3 Å². The zero-order valence-corrected chi connectivity index (χ0v) is 10.5. The van der Waals surface area contributed by atoms with Crippen molar-refractivity contribution in [1.82, 2.24) is 0 Å². The third-order valence-corrected chi connectivity index (χ3v) is 3.05. The molecule has 2 rings (SSSR count). The molecule has 0 aromatic heterocycles. The van der Waals surface area contributed by atoms with Crippen molar-refractivity contribution >= 4 is 23.5 Å². The molecule has 1 fully saturated rings. The summed E-state index contributed by atoms with van der Waals surface area (Å²) in [5.74, 6) is -2.04. The number of imide groups is 1. The molecule has 1 saturated heterocycles. The van der Waals surface area contributed by atoms with E-state index in [1.807, 2.05) is 0 Å². The molecule has 1 aromatic carbocycles. The number of ether oxygens (including phenoxy) is 1. The molecule has 100 valence electrons. The minimum absolute atomic E-state index is 0.0904. The van der Waals surface area contributed by atoms with Gasteiger partial charge in [0.25, 0.3) is 0 Å². The van der Waals surface area contributed by atoms with Gasteiger partial charge >= 0.3 is 5.97 Å². The van der Waals surface area contributed by atoms with Crippen LogP contribution in [0, 0.1) is 5.92 Å². The summed E-state index contributed by atoms with van der Waals surface area (Å²) >= 11 is 0. The van der Waals surface area contributed by atoms with E-state index in [0.29, 0.717) is 5.75 Å². The number of rotatable bonds is 3. The summed E-state index contributed by atoms with van der Waals surface area (Å²) < 4.78 is 4.95. The number of amides is 2. The molecular weight excluding hydrogens is 250 g/mol. The number of nitrogens with zero attached hydrogens (tertiary/aromatic N) is 1. The zero-order chi connectivity index (χ0) is 14.2. The standard InChI is InChI=1S/C13H13NO5/c1-7-5-11(15)14(12(7)16)10-4-3-8(19-2)6-9(10)13(17)18/h3-4,6-7H,5H2,1-2H3,(H,17,18). The van der Waals surface area contributed by atoms with Crippen molar-refractivity contribution in [3.8, 4) is 5.75 Å². The number of carboxylic acids is 1. The molecule has 0 spiro atoms. The smallest absolute Gasteiger partial charge is 0.337 e. The molecular formula is C13H13NO5. The molecule has 6 heteroatoms. The average Bonchev–Trinajstić information content (AvgIpc) is 2.62. The molecule has 1 atom stereocenters. The van der Waals surface area contributed by atoms with Gasteiger partial charge in [-0.25, -0.2) is 9.69 Å². The van der Waals surface area contributed by atoms with E-state index in [4.69, 9.17) is 4.74 Å². The van der Waals surface area contributed by atoms with E-state index in [1.165, 1.54) is 25.3 Å². The molecule has 6 nitrogen and oxygen atoms in total. The monoisotopic (exact) mass is 263 g/mol. The van der Waals surface area contributed by atoms with Gasteiger partial charge in [0, 0.05) is 12.3 Å². The Morgan fingerprint density at radius 1 is 1.42 bits per heavy atom. The Balaban J connectivity index is 2.53. The molecule has 1 N–H and O–H groups in total. The van der Waals surface area contributed by atoms with Crippen LogP contribution in [0.25, 0.3) is 0 Å². The Hall–Kier alpha value is -2.37. The fourth-order valence-electron chi connectivity index (χ4n) is 2.05. The summed E-state index contributed by atoms with van der Waals surface area (Å²) in [6.45, 7) is 1.64. The van der Waals surface area contributed by atoms with Gasteiger partial charge in [0.15, 0.2) is 0 Å². The van der Waals surface area contributed by atoms with Crippen molar-refractivity contribution < 1.29 is 24.2 Å². The zero-order valence-electron chi connectivity index (χ0n) is 10.5. The van der Waals surface area contributed by atoms with Crippen LogP contribution < -0.4 is 9.64 Å². The fourth-order valence-corrected chi connectivity index (χ4v) is 2.05. The lowest BCUT2D eigenvalue weighted by molar-refractivity contribution is -0.122. The van der Waals surface area contributed by atoms with E-state index in [1.54, 1.807) is 6.92 Å². The second kappa shape index (κ2) is 4.72. The highest BCUT2D eigenvalue weighted by Crippen LogP contribution is 2.31. The first-order chi connectivity index (χ1) is 8.95. The predicted molar refractivity (Wildman–Crippen MR) is 66.2 cm³/mol. The van der Waals surface area contributed by atoms with Gasteiger partial charge in [0.05, 0.1) is 18.4 Å². The SMILES string of the molecule is COc1ccc(N2C(=O)CC(C)C2=O)c(C(=O)O)c1. The lowest BCUT2D eigenvalue weighted by Gasteiger charge is -2.17. The maximum Gasteiger partial charge on any atom is 0.337 e. The van der Waals surface area contributed by atoms with Crippen LogP contribution in [-0.4, -0.2) is 30.0 Å². The lowest BCUT2D eigenvalue weighted by atomic mass is 10.1. The first kappa shape index (κ1) is 13.1. The van der Waals surface area contributed by atoms with Crippen LogP contribution in [0.5, 0.6) is 5.75 Å². The summed E-state index contributed by atoms with van der Waals surface area (Å²) in [4.78, 5) is 35.9. The van der Waals surface area contributed by atoms with E-state index in [2.05, 4.69) is 0 Å². The molecule has 1 unspecified atom stereocenters. The Morgan fingerprint density at radius 3 is 2.58 bits per heavy atom. The van der Waals surface area contributed by atoms with Crippen LogP contribution in [0.2, 0.25) is 0 Å². The maximum atomic E-state index is 11.9. The quantitative estimate of drug-likeness (QED) is 0.831. The minimum atomic E-state index is -1.21. The van der Waals surface area contributed by atoms with Gasteiger partial charge < -0.3 is 9.84 Å². The number of carboxylic acid groups (broad SMARTS) is 1. The number of methoxy groups -OCH3 is 1. The molecule has 2 amide bonds. The van der Waals surface area contributed by atoms with Crippen molar-refractivity contribution in [1.29, 1.82) is 0 Å². The molecule has 0 saturated carbocycles. The summed E-state index contributed by atoms with van der Waals surface area (Å²) in [5, 5.41) is 9.18. The highest BCUT2D eigenvalue weighted by atomic mass is 16.5. The van der Waals surface area contributed by atoms with Crippen LogP contribution in [0.15, 0.2) is 18.2 Å². The Labute approximate surface area is 109 Å². The first-order valence-corrected chi connectivity index (χ1v) is 5.74. The Kier molecular flexibility index (Phi) is 3.25. The van der Waals surface area contributed by atoms with Gasteiger partial charge in [0.2, 0.25) is 11.8 Å². The number of benzene rings is 1. The first-order valence-electron chi connectivity index (χ1n) is 5.74. The van der Waals surface area contributed by atoms with E-state index in [9.17, 15) is 19.5 Å². The highest BCUT2D eigenvalue weighted by Gasteiger charge is 2.38. The number of aromatic carboxylic acids is 1. The molecule has 1 heterocycles. The molecule has 0 aliphatic carbocycles. The van der Waals surface area contributed by atoms with Gasteiger partial charge in [-0.05, 0) is 18.2 Å². The van der Waals surface area contributed by atoms with Crippen LogP contribution in [0.4, 0.5) is 5.69 Å². The highest BCUT2D eigenvalue weighted by molar-refractivity contribution is 6.22. The third-order valence-electron chi connectivity index (χ3n) is 3.05. The second-order valence-corrected chi connectivity index (χ2v) is 4.36. The summed E-state index contributed by atoms with van der Waals surface area (Å²) in [6, 6.07) is 4.22. The normalized spacial score (nSPS) is 18.8. The predicted octanol–water partition coefficient (Wildman–Crippen LogP) is 1.29. The van der Waals surface area contributed by atoms with Crippen molar-refractivity contribution in [3.05, 3.63) is 23.8 Å². The number of carbonyl (C=O) groups is 3. The van der Waals surface area contributed by atoms with Gasteiger partial charge in [-0.2, -0.15) is 0 Å². The van der Waals surface area contributed by atoms with Gasteiger partial charge in [-0.1, -0.05) is 6.92 Å². The molecule has 0 radical (unpaired) electrons.